The van der Waals surface area contributed by atoms with E-state index in [1.54, 1.807) is 0 Å². The summed E-state index contributed by atoms with van der Waals surface area (Å²) in [6, 6.07) is 5.84. The molecule has 2 aliphatic rings. The monoisotopic (exact) mass is 325 g/mol. The highest BCUT2D eigenvalue weighted by Gasteiger charge is 2.53. The van der Waals surface area contributed by atoms with Crippen molar-refractivity contribution in [3.63, 3.8) is 0 Å². The second-order valence-electron chi connectivity index (χ2n) is 6.00. The number of nitrogens with one attached hydrogen (secondary N) is 1. The summed E-state index contributed by atoms with van der Waals surface area (Å²) < 4.78 is 14.2. The summed E-state index contributed by atoms with van der Waals surface area (Å²) in [5.41, 5.74) is 1.09. The predicted octanol–water partition coefficient (Wildman–Crippen LogP) is 4.15. The van der Waals surface area contributed by atoms with Crippen LogP contribution in [0.15, 0.2) is 22.7 Å². The maximum atomic E-state index is 13.6. The average Bonchev–Trinajstić information content (AvgIpc) is 3.15. The van der Waals surface area contributed by atoms with E-state index < -0.39 is 0 Å². The van der Waals surface area contributed by atoms with Gasteiger partial charge in [-0.25, -0.2) is 4.39 Å². The summed E-state index contributed by atoms with van der Waals surface area (Å²) in [5.74, 6) is 2.51. The Balaban J connectivity index is 1.72. The minimum atomic E-state index is -0.152. The molecule has 0 radical (unpaired) electrons. The summed E-state index contributed by atoms with van der Waals surface area (Å²) >= 11 is 3.38. The average molecular weight is 326 g/mol. The third-order valence-electron chi connectivity index (χ3n) is 5.03. The van der Waals surface area contributed by atoms with Gasteiger partial charge in [0.05, 0.1) is 4.47 Å². The van der Waals surface area contributed by atoms with Crippen molar-refractivity contribution in [1.29, 1.82) is 0 Å². The molecule has 2 saturated carbocycles. The van der Waals surface area contributed by atoms with Gasteiger partial charge < -0.3 is 5.32 Å². The topological polar surface area (TPSA) is 12.0 Å². The van der Waals surface area contributed by atoms with Gasteiger partial charge in [-0.2, -0.15) is 0 Å². The maximum Gasteiger partial charge on any atom is 0.137 e. The SMILES string of the molecule is CNC(Cc1cccc(F)c1Br)C1C2CCCCC21. The lowest BCUT2D eigenvalue weighted by molar-refractivity contribution is 0.458. The van der Waals surface area contributed by atoms with E-state index >= 15 is 0 Å². The van der Waals surface area contributed by atoms with Gasteiger partial charge in [0.15, 0.2) is 0 Å². The molecule has 0 aliphatic heterocycles. The Morgan fingerprint density at radius 1 is 1.32 bits per heavy atom. The Kier molecular flexibility index (Phi) is 3.95. The van der Waals surface area contributed by atoms with E-state index in [0.717, 1.165) is 29.7 Å². The van der Waals surface area contributed by atoms with Gasteiger partial charge in [-0.15, -0.1) is 0 Å². The molecule has 0 heterocycles. The molecule has 1 N–H and O–H groups in total. The molecule has 19 heavy (non-hydrogen) atoms. The van der Waals surface area contributed by atoms with Gasteiger partial charge in [-0.05, 0) is 71.6 Å². The lowest BCUT2D eigenvalue weighted by Crippen LogP contribution is -2.31. The molecule has 0 saturated heterocycles. The Morgan fingerprint density at radius 2 is 2.00 bits per heavy atom. The molecule has 0 spiro atoms. The molecular formula is C16H21BrFN. The zero-order valence-electron chi connectivity index (χ0n) is 11.3. The van der Waals surface area contributed by atoms with Crippen LogP contribution >= 0.6 is 15.9 Å². The number of benzene rings is 1. The highest BCUT2D eigenvalue weighted by Crippen LogP contribution is 2.57. The summed E-state index contributed by atoms with van der Waals surface area (Å²) in [7, 11) is 2.04. The number of hydrogen-bond acceptors (Lipinski definition) is 1. The quantitative estimate of drug-likeness (QED) is 0.876. The van der Waals surface area contributed by atoms with Crippen LogP contribution in [0.1, 0.15) is 31.2 Å². The molecular weight excluding hydrogens is 305 g/mol. The second kappa shape index (κ2) is 5.53. The van der Waals surface area contributed by atoms with Crippen LogP contribution in [0.5, 0.6) is 0 Å². The maximum absolute atomic E-state index is 13.6. The summed E-state index contributed by atoms with van der Waals surface area (Å²) in [6.45, 7) is 0. The van der Waals surface area contributed by atoms with Crippen molar-refractivity contribution in [1.82, 2.24) is 5.32 Å². The summed E-state index contributed by atoms with van der Waals surface area (Å²) in [5, 5.41) is 3.47. The number of fused-ring (bicyclic) bond motifs is 1. The Labute approximate surface area is 123 Å². The zero-order chi connectivity index (χ0) is 13.4. The van der Waals surface area contributed by atoms with Crippen molar-refractivity contribution >= 4 is 15.9 Å². The largest absolute Gasteiger partial charge is 0.316 e. The van der Waals surface area contributed by atoms with E-state index in [0.29, 0.717) is 10.5 Å². The predicted molar refractivity (Wildman–Crippen MR) is 79.6 cm³/mol. The van der Waals surface area contributed by atoms with Crippen molar-refractivity contribution in [3.05, 3.63) is 34.1 Å². The molecule has 1 aromatic rings. The first kappa shape index (κ1) is 13.6. The molecule has 0 amide bonds. The standard InChI is InChI=1S/C16H21BrFN/c1-19-14(15-11-6-2-3-7-12(11)15)9-10-5-4-8-13(18)16(10)17/h4-5,8,11-12,14-15,19H,2-3,6-7,9H2,1H3. The van der Waals surface area contributed by atoms with Crippen LogP contribution in [0.2, 0.25) is 0 Å². The Morgan fingerprint density at radius 3 is 2.63 bits per heavy atom. The molecule has 3 atom stereocenters. The van der Waals surface area contributed by atoms with Crippen LogP contribution in [-0.4, -0.2) is 13.1 Å². The van der Waals surface area contributed by atoms with E-state index in [1.807, 2.05) is 19.2 Å². The van der Waals surface area contributed by atoms with Gasteiger partial charge >= 0.3 is 0 Å². The summed E-state index contributed by atoms with van der Waals surface area (Å²) in [6.07, 6.45) is 6.53. The van der Waals surface area contributed by atoms with E-state index in [-0.39, 0.29) is 5.82 Å². The first-order chi connectivity index (χ1) is 9.22. The first-order valence-corrected chi connectivity index (χ1v) is 8.12. The molecule has 3 heteroatoms. The smallest absolute Gasteiger partial charge is 0.137 e. The van der Waals surface area contributed by atoms with Crippen LogP contribution in [0.4, 0.5) is 4.39 Å². The normalized spacial score (nSPS) is 30.8. The Bertz CT molecular complexity index is 450. The van der Waals surface area contributed by atoms with E-state index in [2.05, 4.69) is 21.2 Å². The van der Waals surface area contributed by atoms with Crippen LogP contribution in [0.25, 0.3) is 0 Å². The molecule has 3 rings (SSSR count). The van der Waals surface area contributed by atoms with Gasteiger partial charge in [-0.1, -0.05) is 25.0 Å². The van der Waals surface area contributed by atoms with Crippen molar-refractivity contribution in [3.8, 4) is 0 Å². The summed E-state index contributed by atoms with van der Waals surface area (Å²) in [4.78, 5) is 0. The third kappa shape index (κ3) is 2.59. The number of halogens is 2. The van der Waals surface area contributed by atoms with Gasteiger partial charge in [-0.3, -0.25) is 0 Å². The van der Waals surface area contributed by atoms with E-state index in [1.165, 1.54) is 31.7 Å². The molecule has 1 nitrogen and oxygen atoms in total. The molecule has 0 bridgehead atoms. The minimum Gasteiger partial charge on any atom is -0.316 e. The number of hydrogen-bond donors (Lipinski definition) is 1. The molecule has 2 aliphatic carbocycles. The highest BCUT2D eigenvalue weighted by molar-refractivity contribution is 9.10. The first-order valence-electron chi connectivity index (χ1n) is 7.32. The van der Waals surface area contributed by atoms with Crippen LogP contribution in [-0.2, 0) is 6.42 Å². The lowest BCUT2D eigenvalue weighted by Gasteiger charge is -2.17. The molecule has 104 valence electrons. The molecule has 3 unspecified atom stereocenters. The fourth-order valence-electron chi connectivity index (χ4n) is 4.02. The van der Waals surface area contributed by atoms with Crippen LogP contribution in [0, 0.1) is 23.6 Å². The second-order valence-corrected chi connectivity index (χ2v) is 6.79. The van der Waals surface area contributed by atoms with Crippen molar-refractivity contribution in [2.24, 2.45) is 17.8 Å². The Hall–Kier alpha value is -0.410. The van der Waals surface area contributed by atoms with E-state index in [4.69, 9.17) is 0 Å². The van der Waals surface area contributed by atoms with Crippen LogP contribution in [0.3, 0.4) is 0 Å². The highest BCUT2D eigenvalue weighted by atomic mass is 79.9. The fourth-order valence-corrected chi connectivity index (χ4v) is 4.44. The zero-order valence-corrected chi connectivity index (χ0v) is 12.9. The fraction of sp³-hybridized carbons (Fsp3) is 0.625. The molecule has 1 aromatic carbocycles. The number of rotatable bonds is 4. The van der Waals surface area contributed by atoms with Gasteiger partial charge in [0.25, 0.3) is 0 Å². The van der Waals surface area contributed by atoms with Gasteiger partial charge in [0.1, 0.15) is 5.82 Å². The van der Waals surface area contributed by atoms with E-state index in [9.17, 15) is 4.39 Å². The minimum absolute atomic E-state index is 0.152. The third-order valence-corrected chi connectivity index (χ3v) is 5.92. The molecule has 2 fully saturated rings. The van der Waals surface area contributed by atoms with Crippen molar-refractivity contribution in [2.45, 2.75) is 38.1 Å². The van der Waals surface area contributed by atoms with Crippen molar-refractivity contribution in [2.75, 3.05) is 7.05 Å². The van der Waals surface area contributed by atoms with Gasteiger partial charge in [0, 0.05) is 6.04 Å². The lowest BCUT2D eigenvalue weighted by atomic mass is 10.00. The van der Waals surface area contributed by atoms with Crippen molar-refractivity contribution < 1.29 is 4.39 Å². The number of likely N-dealkylation sites (N-methyl/N-ethyl adjacent to an activating group) is 1. The van der Waals surface area contributed by atoms with Crippen LogP contribution < -0.4 is 5.32 Å². The van der Waals surface area contributed by atoms with Gasteiger partial charge in [0.2, 0.25) is 0 Å². The molecule has 0 aromatic heterocycles.